The molecule has 77 heavy (non-hydrogen) atoms. The number of pyridine rings is 2. The average molecular weight is 1060 g/mol. The fourth-order valence-corrected chi connectivity index (χ4v) is 10.5. The van der Waals surface area contributed by atoms with E-state index in [9.17, 15) is 63.0 Å². The summed E-state index contributed by atoms with van der Waals surface area (Å²) < 4.78 is 22.2. The van der Waals surface area contributed by atoms with Crippen molar-refractivity contribution in [2.24, 2.45) is 5.92 Å². The minimum atomic E-state index is -2.08. The van der Waals surface area contributed by atoms with Gasteiger partial charge in [-0.3, -0.25) is 52.8 Å². The first-order valence-corrected chi connectivity index (χ1v) is 25.6. The summed E-state index contributed by atoms with van der Waals surface area (Å²) in [5, 5.41) is 31.9. The van der Waals surface area contributed by atoms with Crippen LogP contribution >= 0.6 is 0 Å². The summed E-state index contributed by atoms with van der Waals surface area (Å²) in [7, 11) is 0. The Hall–Kier alpha value is -8.27. The minimum absolute atomic E-state index is 0.0195. The highest BCUT2D eigenvalue weighted by atomic mass is 19.1. The predicted octanol–water partition coefficient (Wildman–Crippen LogP) is 2.48. The quantitative estimate of drug-likeness (QED) is 0.0294. The highest BCUT2D eigenvalue weighted by molar-refractivity contribution is 6.12. The van der Waals surface area contributed by atoms with Crippen LogP contribution in [0.15, 0.2) is 59.4 Å². The maximum atomic E-state index is 15.5. The van der Waals surface area contributed by atoms with E-state index in [1.807, 2.05) is 0 Å². The van der Waals surface area contributed by atoms with E-state index < -0.39 is 126 Å². The van der Waals surface area contributed by atoms with E-state index >= 15 is 4.39 Å². The van der Waals surface area contributed by atoms with Crippen molar-refractivity contribution in [3.05, 3.63) is 110 Å². The molecule has 8 rings (SSSR count). The number of benzene rings is 2. The number of ether oxygens (including phenoxy) is 1. The standard InChI is InChI=1S/C55H58FN7O14/c1-3-55(76)36-22-41-51-34(27-63(41)53(74)35(36)28-77-54(55)75)50-38(14-13-33-29(2)37(56)23-40(61-51)49(33)50)59-45(68)26-58-52(73)31(20-30-10-6-4-7-11-30)21-32(64)25-57-43(66)16-15-42(65)39(24-48(71)72)60-44(67)12-8-5-9-19-62-46(69)17-18-47(62)70/h4,6-7,10-11,17-18,22-23,31,38-39,76H,3,5,8-9,12-16,19-21,24-28H2,1-2H3,(H,57,66)(H,58,73)(H,59,68)(H,60,67)(H,71,72)/t31-,38+,39+,55+/m1/s1. The van der Waals surface area contributed by atoms with Gasteiger partial charge in [-0.1, -0.05) is 43.7 Å². The van der Waals surface area contributed by atoms with Gasteiger partial charge in [-0.25, -0.2) is 14.2 Å². The van der Waals surface area contributed by atoms with Gasteiger partial charge in [0.15, 0.2) is 17.2 Å². The number of aliphatic carboxylic acids is 1. The Morgan fingerprint density at radius 2 is 1.61 bits per heavy atom. The highest BCUT2D eigenvalue weighted by Crippen LogP contribution is 2.46. The van der Waals surface area contributed by atoms with Crippen molar-refractivity contribution >= 4 is 69.9 Å². The second-order valence-corrected chi connectivity index (χ2v) is 19.8. The zero-order chi connectivity index (χ0) is 55.3. The molecule has 2 aromatic carbocycles. The lowest BCUT2D eigenvalue weighted by Gasteiger charge is -2.31. The van der Waals surface area contributed by atoms with Crippen molar-refractivity contribution in [2.75, 3.05) is 19.6 Å². The van der Waals surface area contributed by atoms with Crippen molar-refractivity contribution in [3.63, 3.8) is 0 Å². The third-order valence-electron chi connectivity index (χ3n) is 14.7. The van der Waals surface area contributed by atoms with Gasteiger partial charge in [0.2, 0.25) is 23.6 Å². The van der Waals surface area contributed by atoms with E-state index in [0.29, 0.717) is 76.7 Å². The lowest BCUT2D eigenvalue weighted by Crippen LogP contribution is -2.44. The number of carbonyl (C=O) groups excluding carboxylic acids is 9. The van der Waals surface area contributed by atoms with Crippen LogP contribution in [0.2, 0.25) is 0 Å². The summed E-state index contributed by atoms with van der Waals surface area (Å²) >= 11 is 0. The number of ketones is 2. The number of esters is 1. The van der Waals surface area contributed by atoms with Crippen LogP contribution in [-0.4, -0.2) is 109 Å². The number of hydrogen-bond donors (Lipinski definition) is 6. The lowest BCUT2D eigenvalue weighted by molar-refractivity contribution is -0.172. The maximum absolute atomic E-state index is 15.5. The molecule has 0 fully saturated rings. The lowest BCUT2D eigenvalue weighted by atomic mass is 9.81. The Kier molecular flexibility index (Phi) is 16.6. The molecule has 22 heteroatoms. The van der Waals surface area contributed by atoms with Crippen LogP contribution in [-0.2, 0) is 84.3 Å². The molecular formula is C55H58FN7O14. The molecule has 21 nitrogen and oxygen atoms in total. The zero-order valence-electron chi connectivity index (χ0n) is 42.5. The number of carbonyl (C=O) groups is 10. The maximum Gasteiger partial charge on any atom is 0.343 e. The molecule has 6 N–H and O–H groups in total. The summed E-state index contributed by atoms with van der Waals surface area (Å²) in [6, 6.07) is 9.56. The molecule has 4 aromatic rings. The van der Waals surface area contributed by atoms with Crippen LogP contribution < -0.4 is 26.8 Å². The van der Waals surface area contributed by atoms with Crippen LogP contribution in [0, 0.1) is 18.7 Å². The SMILES string of the molecule is CC[C@@]1(O)C(=O)OCc2c1cc1n(c2=O)Cc2c-1nc1cc(F)c(C)c3c1c2[C@@H](NC(=O)CNC(=O)[C@@H](CC(=O)CNC(=O)CCC(=O)[C@H](CC(=O)O)NC(=O)CCCCCN1C(=O)C=CC1=O)Cc1ccccc1)CC3. The van der Waals surface area contributed by atoms with Crippen molar-refractivity contribution in [1.29, 1.82) is 0 Å². The molecule has 5 heterocycles. The number of nitrogens with zero attached hydrogens (tertiary/aromatic N) is 3. The molecule has 0 bridgehead atoms. The van der Waals surface area contributed by atoms with E-state index in [2.05, 4.69) is 21.3 Å². The molecule has 4 atom stereocenters. The van der Waals surface area contributed by atoms with Gasteiger partial charge in [0.25, 0.3) is 17.4 Å². The van der Waals surface area contributed by atoms with Crippen molar-refractivity contribution in [3.8, 4) is 11.4 Å². The number of imide groups is 1. The third kappa shape index (κ3) is 11.9. The second-order valence-electron chi connectivity index (χ2n) is 19.8. The number of halogens is 1. The summed E-state index contributed by atoms with van der Waals surface area (Å²) in [5.74, 6) is -8.35. The number of fused-ring (bicyclic) bond motifs is 5. The van der Waals surface area contributed by atoms with Gasteiger partial charge in [-0.15, -0.1) is 0 Å². The first kappa shape index (κ1) is 55.0. The van der Waals surface area contributed by atoms with Gasteiger partial charge in [0.1, 0.15) is 12.4 Å². The van der Waals surface area contributed by atoms with Gasteiger partial charge in [-0.05, 0) is 73.8 Å². The van der Waals surface area contributed by atoms with Crippen molar-refractivity contribution in [1.82, 2.24) is 35.7 Å². The molecule has 0 saturated heterocycles. The number of unbranched alkanes of at least 4 members (excludes halogenated alkanes) is 2. The van der Waals surface area contributed by atoms with Gasteiger partial charge in [0, 0.05) is 72.9 Å². The Bertz CT molecular complexity index is 3210. The Labute approximate surface area is 440 Å². The van der Waals surface area contributed by atoms with Gasteiger partial charge in [-0.2, -0.15) is 0 Å². The smallest absolute Gasteiger partial charge is 0.343 e. The Balaban J connectivity index is 0.875. The van der Waals surface area contributed by atoms with Crippen molar-refractivity contribution in [2.45, 2.75) is 122 Å². The number of amides is 6. The number of nitrogens with one attached hydrogen (secondary N) is 4. The number of rotatable bonds is 24. The van der Waals surface area contributed by atoms with E-state index in [0.717, 1.165) is 4.90 Å². The van der Waals surface area contributed by atoms with Crippen molar-refractivity contribution < 1.29 is 67.3 Å². The number of cyclic esters (lactones) is 1. The van der Waals surface area contributed by atoms with E-state index in [1.54, 1.807) is 50.2 Å². The fourth-order valence-electron chi connectivity index (χ4n) is 10.5. The average Bonchev–Trinajstić information content (AvgIpc) is 4.21. The van der Waals surface area contributed by atoms with Crippen LogP contribution in [0.4, 0.5) is 4.39 Å². The molecule has 1 aliphatic carbocycles. The fraction of sp³-hybridized carbons (Fsp3) is 0.418. The van der Waals surface area contributed by atoms with Gasteiger partial charge < -0.3 is 40.8 Å². The summed E-state index contributed by atoms with van der Waals surface area (Å²) in [5.41, 5.74) is 1.60. The third-order valence-corrected chi connectivity index (χ3v) is 14.7. The number of aliphatic hydroxyl groups is 1. The number of Topliss-reactive ketones (excluding diaryl/α,β-unsaturated/α-hetero) is 2. The van der Waals surface area contributed by atoms with E-state index in [4.69, 9.17) is 9.72 Å². The number of carboxylic acid groups (broad SMARTS) is 1. The van der Waals surface area contributed by atoms with Crippen LogP contribution in [0.3, 0.4) is 0 Å². The van der Waals surface area contributed by atoms with E-state index in [1.165, 1.54) is 22.8 Å². The molecule has 0 saturated carbocycles. The number of aryl methyl sites for hydroxylation is 1. The predicted molar refractivity (Wildman–Crippen MR) is 270 cm³/mol. The first-order chi connectivity index (χ1) is 36.8. The van der Waals surface area contributed by atoms with Gasteiger partial charge >= 0.3 is 11.9 Å². The summed E-state index contributed by atoms with van der Waals surface area (Å²) in [4.78, 5) is 147. The van der Waals surface area contributed by atoms with Crippen LogP contribution in [0.5, 0.6) is 0 Å². The number of carboxylic acids is 1. The second kappa shape index (κ2) is 23.3. The van der Waals surface area contributed by atoms with E-state index in [-0.39, 0.29) is 62.0 Å². The molecular weight excluding hydrogens is 1000 g/mol. The largest absolute Gasteiger partial charge is 0.481 e. The molecule has 3 aliphatic heterocycles. The molecule has 0 unspecified atom stereocenters. The molecule has 2 aromatic heterocycles. The van der Waals surface area contributed by atoms with Gasteiger partial charge in [0.05, 0.1) is 60.6 Å². The monoisotopic (exact) mass is 1060 g/mol. The normalized spacial score (nSPS) is 17.7. The minimum Gasteiger partial charge on any atom is -0.481 e. The number of hydrogen-bond acceptors (Lipinski definition) is 14. The molecule has 404 valence electrons. The summed E-state index contributed by atoms with van der Waals surface area (Å²) in [6.07, 6.45) is 2.27. The van der Waals surface area contributed by atoms with Crippen LogP contribution in [0.1, 0.15) is 116 Å². The number of aromatic nitrogens is 2. The molecule has 4 aliphatic rings. The zero-order valence-corrected chi connectivity index (χ0v) is 42.5. The highest BCUT2D eigenvalue weighted by Gasteiger charge is 2.46. The first-order valence-electron chi connectivity index (χ1n) is 25.6. The molecule has 0 spiro atoms. The molecule has 0 radical (unpaired) electrons. The molecule has 6 amide bonds. The Morgan fingerprint density at radius 1 is 0.870 bits per heavy atom. The Morgan fingerprint density at radius 3 is 2.32 bits per heavy atom. The van der Waals surface area contributed by atoms with Crippen LogP contribution in [0.25, 0.3) is 22.3 Å². The summed E-state index contributed by atoms with van der Waals surface area (Å²) in [6.45, 7) is 2.09. The topological polar surface area (TPSA) is 307 Å².